The minimum absolute atomic E-state index is 0.0564. The second kappa shape index (κ2) is 8.21. The third-order valence-corrected chi connectivity index (χ3v) is 8.95. The Kier molecular flexibility index (Phi) is 5.51. The van der Waals surface area contributed by atoms with Gasteiger partial charge in [0.2, 0.25) is 5.91 Å². The van der Waals surface area contributed by atoms with Gasteiger partial charge in [-0.05, 0) is 64.0 Å². The lowest BCUT2D eigenvalue weighted by molar-refractivity contribution is -0.117. The number of aromatic nitrogens is 2. The number of carbonyl (C=O) groups is 1. The van der Waals surface area contributed by atoms with Gasteiger partial charge in [-0.3, -0.25) is 9.48 Å². The van der Waals surface area contributed by atoms with E-state index in [-0.39, 0.29) is 35.6 Å². The van der Waals surface area contributed by atoms with Gasteiger partial charge in [0.05, 0.1) is 35.5 Å². The van der Waals surface area contributed by atoms with Crippen molar-refractivity contribution in [3.63, 3.8) is 0 Å². The first kappa shape index (κ1) is 21.5. The van der Waals surface area contributed by atoms with Crippen LogP contribution in [0.1, 0.15) is 64.0 Å². The summed E-state index contributed by atoms with van der Waals surface area (Å²) < 4.78 is 32.0. The molecule has 0 unspecified atom stereocenters. The lowest BCUT2D eigenvalue weighted by atomic mass is 9.91. The van der Waals surface area contributed by atoms with Crippen LogP contribution in [0.5, 0.6) is 5.75 Å². The molecule has 32 heavy (non-hydrogen) atoms. The van der Waals surface area contributed by atoms with Crippen molar-refractivity contribution in [3.05, 3.63) is 30.1 Å². The van der Waals surface area contributed by atoms with Crippen molar-refractivity contribution in [3.8, 4) is 16.9 Å². The second-order valence-electron chi connectivity index (χ2n) is 9.48. The van der Waals surface area contributed by atoms with E-state index < -0.39 is 9.84 Å². The summed E-state index contributed by atoms with van der Waals surface area (Å²) in [5.74, 6) is 1.39. The van der Waals surface area contributed by atoms with Crippen LogP contribution in [-0.2, 0) is 21.1 Å². The van der Waals surface area contributed by atoms with Crippen LogP contribution in [0.15, 0.2) is 24.5 Å². The van der Waals surface area contributed by atoms with Gasteiger partial charge >= 0.3 is 0 Å². The van der Waals surface area contributed by atoms with Gasteiger partial charge in [-0.25, -0.2) is 8.42 Å². The minimum Gasteiger partial charge on any atom is -0.489 e. The Morgan fingerprint density at radius 1 is 1.12 bits per heavy atom. The summed E-state index contributed by atoms with van der Waals surface area (Å²) in [6.45, 7) is 3.72. The zero-order valence-corrected chi connectivity index (χ0v) is 19.6. The maximum absolute atomic E-state index is 12.4. The Morgan fingerprint density at radius 2 is 1.88 bits per heavy atom. The summed E-state index contributed by atoms with van der Waals surface area (Å²) >= 11 is 0. The summed E-state index contributed by atoms with van der Waals surface area (Å²) in [5.41, 5.74) is 4.05. The molecule has 3 aliphatic rings. The fourth-order valence-corrected chi connectivity index (χ4v) is 6.59. The summed E-state index contributed by atoms with van der Waals surface area (Å²) in [6.07, 6.45) is 10.4. The number of carbonyl (C=O) groups excluding carboxylic acids is 1. The van der Waals surface area contributed by atoms with E-state index in [4.69, 9.17) is 4.74 Å². The number of benzene rings is 1. The SMILES string of the molecule is CC(=O)N1c2ccc(-c3cnn(C4CCS(=O)(=O)CC4)c3)c(OC3CCC3)c2CC[C@@H]1C. The highest BCUT2D eigenvalue weighted by Crippen LogP contribution is 2.44. The minimum atomic E-state index is -2.91. The first-order valence-electron chi connectivity index (χ1n) is 11.7. The largest absolute Gasteiger partial charge is 0.489 e. The van der Waals surface area contributed by atoms with E-state index in [9.17, 15) is 13.2 Å². The zero-order valence-electron chi connectivity index (χ0n) is 18.8. The smallest absolute Gasteiger partial charge is 0.224 e. The highest BCUT2D eigenvalue weighted by molar-refractivity contribution is 7.91. The lowest BCUT2D eigenvalue weighted by Gasteiger charge is -2.37. The average Bonchev–Trinajstić information content (AvgIpc) is 3.19. The van der Waals surface area contributed by atoms with Crippen molar-refractivity contribution in [2.24, 2.45) is 0 Å². The van der Waals surface area contributed by atoms with Gasteiger partial charge in [0.25, 0.3) is 0 Å². The molecule has 2 fully saturated rings. The van der Waals surface area contributed by atoms with Crippen LogP contribution in [0, 0.1) is 0 Å². The van der Waals surface area contributed by atoms with E-state index in [2.05, 4.69) is 12.0 Å². The first-order valence-corrected chi connectivity index (χ1v) is 13.5. The molecule has 3 heterocycles. The maximum Gasteiger partial charge on any atom is 0.224 e. The van der Waals surface area contributed by atoms with E-state index in [1.807, 2.05) is 34.1 Å². The number of amides is 1. The van der Waals surface area contributed by atoms with Crippen molar-refractivity contribution >= 4 is 21.4 Å². The topological polar surface area (TPSA) is 81.5 Å². The molecule has 172 valence electrons. The van der Waals surface area contributed by atoms with Crippen LogP contribution in [-0.4, -0.2) is 47.8 Å². The van der Waals surface area contributed by atoms with E-state index in [1.165, 1.54) is 6.42 Å². The van der Waals surface area contributed by atoms with Gasteiger partial charge in [0, 0.05) is 35.9 Å². The van der Waals surface area contributed by atoms with Crippen LogP contribution in [0.25, 0.3) is 11.1 Å². The molecule has 1 amide bonds. The summed E-state index contributed by atoms with van der Waals surface area (Å²) in [4.78, 5) is 14.3. The molecule has 7 nitrogen and oxygen atoms in total. The Hall–Kier alpha value is -2.35. The third-order valence-electron chi connectivity index (χ3n) is 7.23. The zero-order chi connectivity index (χ0) is 22.5. The average molecular weight is 458 g/mol. The summed E-state index contributed by atoms with van der Waals surface area (Å²) in [7, 11) is -2.91. The standard InChI is InChI=1S/C24H31N3O4S/c1-16-6-7-22-23(27(16)17(2)28)9-8-21(24(22)31-20-4-3-5-20)18-14-25-26(15-18)19-10-12-32(29,30)13-11-19/h8-9,14-16,19-20H,3-7,10-13H2,1-2H3/t16-/m0/s1. The Morgan fingerprint density at radius 3 is 2.53 bits per heavy atom. The predicted molar refractivity (Wildman–Crippen MR) is 124 cm³/mol. The molecule has 1 saturated heterocycles. The van der Waals surface area contributed by atoms with Crippen molar-refractivity contribution in [1.82, 2.24) is 9.78 Å². The molecule has 0 bridgehead atoms. The number of rotatable bonds is 4. The van der Waals surface area contributed by atoms with Crippen LogP contribution in [0.2, 0.25) is 0 Å². The molecular weight excluding hydrogens is 426 g/mol. The highest BCUT2D eigenvalue weighted by atomic mass is 32.2. The number of nitrogens with zero attached hydrogens (tertiary/aromatic N) is 3. The maximum atomic E-state index is 12.4. The van der Waals surface area contributed by atoms with Gasteiger partial charge < -0.3 is 9.64 Å². The van der Waals surface area contributed by atoms with Crippen molar-refractivity contribution in [1.29, 1.82) is 0 Å². The molecule has 8 heteroatoms. The summed E-state index contributed by atoms with van der Waals surface area (Å²) in [5, 5.41) is 4.59. The number of sulfone groups is 1. The number of anilines is 1. The molecule has 1 aromatic carbocycles. The molecule has 2 aromatic rings. The quantitative estimate of drug-likeness (QED) is 0.695. The number of hydrogen-bond donors (Lipinski definition) is 0. The molecule has 0 radical (unpaired) electrons. The van der Waals surface area contributed by atoms with Gasteiger partial charge in [-0.15, -0.1) is 0 Å². The highest BCUT2D eigenvalue weighted by Gasteiger charge is 2.32. The van der Waals surface area contributed by atoms with Gasteiger partial charge in [0.15, 0.2) is 0 Å². The van der Waals surface area contributed by atoms with E-state index in [0.29, 0.717) is 12.8 Å². The van der Waals surface area contributed by atoms with Crippen LogP contribution in [0.3, 0.4) is 0 Å². The fourth-order valence-electron chi connectivity index (χ4n) is 5.12. The molecule has 1 aromatic heterocycles. The third kappa shape index (κ3) is 3.93. The Bertz CT molecular complexity index is 1120. The van der Waals surface area contributed by atoms with Crippen molar-refractivity contribution in [2.45, 2.75) is 77.0 Å². The molecule has 1 aliphatic carbocycles. The van der Waals surface area contributed by atoms with E-state index in [1.54, 1.807) is 6.92 Å². The van der Waals surface area contributed by atoms with E-state index in [0.717, 1.165) is 53.8 Å². The Labute approximate surface area is 189 Å². The second-order valence-corrected chi connectivity index (χ2v) is 11.8. The number of ether oxygens (including phenoxy) is 1. The van der Waals surface area contributed by atoms with Gasteiger partial charge in [-0.2, -0.15) is 5.10 Å². The van der Waals surface area contributed by atoms with Gasteiger partial charge in [-0.1, -0.05) is 0 Å². The van der Waals surface area contributed by atoms with E-state index >= 15 is 0 Å². The normalized spacial score (nSPS) is 23.4. The van der Waals surface area contributed by atoms with Crippen LogP contribution in [0.4, 0.5) is 5.69 Å². The molecule has 1 saturated carbocycles. The molecule has 2 aliphatic heterocycles. The number of fused-ring (bicyclic) bond motifs is 1. The van der Waals surface area contributed by atoms with Gasteiger partial charge in [0.1, 0.15) is 15.6 Å². The van der Waals surface area contributed by atoms with Crippen LogP contribution >= 0.6 is 0 Å². The lowest BCUT2D eigenvalue weighted by Crippen LogP contribution is -2.41. The van der Waals surface area contributed by atoms with Crippen molar-refractivity contribution in [2.75, 3.05) is 16.4 Å². The van der Waals surface area contributed by atoms with Crippen LogP contribution < -0.4 is 9.64 Å². The molecule has 1 atom stereocenters. The molecule has 0 N–H and O–H groups in total. The molecule has 0 spiro atoms. The Balaban J connectivity index is 1.51. The molecule has 5 rings (SSSR count). The summed E-state index contributed by atoms with van der Waals surface area (Å²) in [6, 6.07) is 4.37. The predicted octanol–water partition coefficient (Wildman–Crippen LogP) is 3.92. The molecular formula is C24H31N3O4S. The van der Waals surface area contributed by atoms with Crippen molar-refractivity contribution < 1.29 is 17.9 Å². The first-order chi connectivity index (χ1) is 15.3. The number of hydrogen-bond acceptors (Lipinski definition) is 5. The fraction of sp³-hybridized carbons (Fsp3) is 0.583. The monoisotopic (exact) mass is 457 g/mol.